The Labute approximate surface area is 144 Å². The molecule has 3 aromatic carbocycles. The number of hydrogen-bond donors (Lipinski definition) is 1. The molecule has 0 spiro atoms. The molecule has 126 valence electrons. The Balaban J connectivity index is 1.51. The van der Waals surface area contributed by atoms with Gasteiger partial charge < -0.3 is 14.8 Å². The van der Waals surface area contributed by atoms with Crippen LogP contribution < -0.4 is 14.8 Å². The first-order chi connectivity index (χ1) is 12.2. The van der Waals surface area contributed by atoms with Gasteiger partial charge in [0.1, 0.15) is 23.1 Å². The molecule has 1 N–H and O–H groups in total. The predicted molar refractivity (Wildman–Crippen MR) is 93.5 cm³/mol. The number of anilines is 1. The highest BCUT2D eigenvalue weighted by atomic mass is 19.1. The minimum absolute atomic E-state index is 0.203. The van der Waals surface area contributed by atoms with Gasteiger partial charge in [-0.25, -0.2) is 4.39 Å². The van der Waals surface area contributed by atoms with Crippen molar-refractivity contribution < 1.29 is 18.7 Å². The molecule has 0 unspecified atom stereocenters. The second kappa shape index (κ2) is 7.97. The van der Waals surface area contributed by atoms with Crippen LogP contribution in [-0.4, -0.2) is 12.5 Å². The van der Waals surface area contributed by atoms with Crippen LogP contribution in [0.15, 0.2) is 78.9 Å². The largest absolute Gasteiger partial charge is 0.484 e. The van der Waals surface area contributed by atoms with Crippen molar-refractivity contribution in [2.45, 2.75) is 0 Å². The van der Waals surface area contributed by atoms with Crippen LogP contribution in [-0.2, 0) is 4.79 Å². The third-order valence-electron chi connectivity index (χ3n) is 3.28. The molecule has 0 atom stereocenters. The molecule has 5 heteroatoms. The standard InChI is InChI=1S/C20H16FNO3/c21-15-5-4-8-19(13-15)24-14-20(23)22-16-9-11-18(12-10-16)25-17-6-2-1-3-7-17/h1-13H,14H2,(H,22,23). The normalized spacial score (nSPS) is 10.1. The van der Waals surface area contributed by atoms with Crippen LogP contribution in [0.1, 0.15) is 0 Å². The highest BCUT2D eigenvalue weighted by Crippen LogP contribution is 2.22. The molecule has 1 amide bonds. The summed E-state index contributed by atoms with van der Waals surface area (Å²) in [5.74, 6) is 0.970. The second-order valence-corrected chi connectivity index (χ2v) is 5.23. The number of nitrogens with one attached hydrogen (secondary N) is 1. The molecule has 0 saturated heterocycles. The van der Waals surface area contributed by atoms with Crippen LogP contribution in [0, 0.1) is 5.82 Å². The molecular formula is C20H16FNO3. The number of carbonyl (C=O) groups is 1. The zero-order chi connectivity index (χ0) is 17.5. The topological polar surface area (TPSA) is 47.6 Å². The first kappa shape index (κ1) is 16.5. The molecule has 4 nitrogen and oxygen atoms in total. The molecule has 0 fully saturated rings. The monoisotopic (exact) mass is 337 g/mol. The molecule has 0 saturated carbocycles. The van der Waals surface area contributed by atoms with E-state index in [2.05, 4.69) is 5.32 Å². The third kappa shape index (κ3) is 5.07. The van der Waals surface area contributed by atoms with Crippen LogP contribution in [0.4, 0.5) is 10.1 Å². The van der Waals surface area contributed by atoms with Gasteiger partial charge in [0, 0.05) is 11.8 Å². The van der Waals surface area contributed by atoms with Gasteiger partial charge >= 0.3 is 0 Å². The van der Waals surface area contributed by atoms with Crippen LogP contribution in [0.25, 0.3) is 0 Å². The number of hydrogen-bond acceptors (Lipinski definition) is 3. The minimum atomic E-state index is -0.410. The SMILES string of the molecule is O=C(COc1cccc(F)c1)Nc1ccc(Oc2ccccc2)cc1. The Morgan fingerprint density at radius 2 is 1.52 bits per heavy atom. The fourth-order valence-corrected chi connectivity index (χ4v) is 2.13. The van der Waals surface area contributed by atoms with Gasteiger partial charge in [-0.3, -0.25) is 4.79 Å². The summed E-state index contributed by atoms with van der Waals surface area (Å²) < 4.78 is 24.0. The molecule has 0 aromatic heterocycles. The third-order valence-corrected chi connectivity index (χ3v) is 3.28. The molecule has 0 aliphatic rings. The lowest BCUT2D eigenvalue weighted by molar-refractivity contribution is -0.118. The number of amides is 1. The maximum absolute atomic E-state index is 13.0. The van der Waals surface area contributed by atoms with Gasteiger partial charge in [0.15, 0.2) is 6.61 Å². The Morgan fingerprint density at radius 1 is 0.840 bits per heavy atom. The summed E-state index contributed by atoms with van der Waals surface area (Å²) in [5, 5.41) is 2.70. The lowest BCUT2D eigenvalue weighted by Crippen LogP contribution is -2.20. The van der Waals surface area contributed by atoms with E-state index < -0.39 is 5.82 Å². The van der Waals surface area contributed by atoms with Gasteiger partial charge in [-0.1, -0.05) is 24.3 Å². The predicted octanol–water partition coefficient (Wildman–Crippen LogP) is 4.64. The summed E-state index contributed by atoms with van der Waals surface area (Å²) in [6.07, 6.45) is 0. The van der Waals surface area contributed by atoms with E-state index in [-0.39, 0.29) is 12.5 Å². The van der Waals surface area contributed by atoms with Crippen LogP contribution >= 0.6 is 0 Å². The van der Waals surface area contributed by atoms with Crippen molar-refractivity contribution in [1.82, 2.24) is 0 Å². The highest BCUT2D eigenvalue weighted by molar-refractivity contribution is 5.91. The molecule has 0 aliphatic carbocycles. The zero-order valence-electron chi connectivity index (χ0n) is 13.3. The maximum atomic E-state index is 13.0. The van der Waals surface area contributed by atoms with Gasteiger partial charge in [-0.2, -0.15) is 0 Å². The Kier molecular flexibility index (Phi) is 5.26. The van der Waals surface area contributed by atoms with Crippen LogP contribution in [0.2, 0.25) is 0 Å². The van der Waals surface area contributed by atoms with Crippen molar-refractivity contribution >= 4 is 11.6 Å². The Hall–Kier alpha value is -3.34. The maximum Gasteiger partial charge on any atom is 0.262 e. The molecule has 3 aromatic rings. The molecule has 0 bridgehead atoms. The molecule has 25 heavy (non-hydrogen) atoms. The number of ether oxygens (including phenoxy) is 2. The van der Waals surface area contributed by atoms with Crippen molar-refractivity contribution in [3.63, 3.8) is 0 Å². The van der Waals surface area contributed by atoms with Crippen molar-refractivity contribution in [2.24, 2.45) is 0 Å². The van der Waals surface area contributed by atoms with Crippen LogP contribution in [0.3, 0.4) is 0 Å². The molecule has 0 heterocycles. The number of para-hydroxylation sites is 1. The number of benzene rings is 3. The van der Waals surface area contributed by atoms with Gasteiger partial charge in [0.05, 0.1) is 0 Å². The van der Waals surface area contributed by atoms with Gasteiger partial charge in [-0.15, -0.1) is 0 Å². The Bertz CT molecular complexity index is 835. The van der Waals surface area contributed by atoms with Crippen molar-refractivity contribution in [1.29, 1.82) is 0 Å². The van der Waals surface area contributed by atoms with Crippen molar-refractivity contribution in [2.75, 3.05) is 11.9 Å². The first-order valence-electron chi connectivity index (χ1n) is 7.70. The van der Waals surface area contributed by atoms with E-state index in [0.717, 1.165) is 5.75 Å². The van der Waals surface area contributed by atoms with E-state index in [9.17, 15) is 9.18 Å². The van der Waals surface area contributed by atoms with E-state index in [1.165, 1.54) is 18.2 Å². The summed E-state index contributed by atoms with van der Waals surface area (Å²) in [6.45, 7) is -0.203. The highest BCUT2D eigenvalue weighted by Gasteiger charge is 2.05. The van der Waals surface area contributed by atoms with Gasteiger partial charge in [0.25, 0.3) is 5.91 Å². The van der Waals surface area contributed by atoms with E-state index >= 15 is 0 Å². The average molecular weight is 337 g/mol. The number of carbonyl (C=O) groups excluding carboxylic acids is 1. The molecule has 3 rings (SSSR count). The summed E-state index contributed by atoms with van der Waals surface area (Å²) in [7, 11) is 0. The van der Waals surface area contributed by atoms with E-state index in [1.807, 2.05) is 30.3 Å². The smallest absolute Gasteiger partial charge is 0.262 e. The number of halogens is 1. The van der Waals surface area contributed by atoms with Gasteiger partial charge in [0.2, 0.25) is 0 Å². The summed E-state index contributed by atoms with van der Waals surface area (Å²) in [5.41, 5.74) is 0.619. The summed E-state index contributed by atoms with van der Waals surface area (Å²) in [6, 6.07) is 22.1. The molecular weight excluding hydrogens is 321 g/mol. The van der Waals surface area contributed by atoms with Crippen molar-refractivity contribution in [3.05, 3.63) is 84.7 Å². The fraction of sp³-hybridized carbons (Fsp3) is 0.0500. The van der Waals surface area contributed by atoms with E-state index in [1.54, 1.807) is 30.3 Å². The van der Waals surface area contributed by atoms with Crippen molar-refractivity contribution in [3.8, 4) is 17.2 Å². The first-order valence-corrected chi connectivity index (χ1v) is 7.70. The second-order valence-electron chi connectivity index (χ2n) is 5.23. The summed E-state index contributed by atoms with van der Waals surface area (Å²) >= 11 is 0. The Morgan fingerprint density at radius 3 is 2.24 bits per heavy atom. The van der Waals surface area contributed by atoms with Crippen LogP contribution in [0.5, 0.6) is 17.2 Å². The lowest BCUT2D eigenvalue weighted by Gasteiger charge is -2.09. The van der Waals surface area contributed by atoms with Gasteiger partial charge in [-0.05, 0) is 48.5 Å². The zero-order valence-corrected chi connectivity index (χ0v) is 13.3. The van der Waals surface area contributed by atoms with E-state index in [4.69, 9.17) is 9.47 Å². The molecule has 0 radical (unpaired) electrons. The minimum Gasteiger partial charge on any atom is -0.484 e. The summed E-state index contributed by atoms with van der Waals surface area (Å²) in [4.78, 5) is 11.9. The number of rotatable bonds is 6. The average Bonchev–Trinajstić information content (AvgIpc) is 2.63. The quantitative estimate of drug-likeness (QED) is 0.713. The lowest BCUT2D eigenvalue weighted by atomic mass is 10.3. The van der Waals surface area contributed by atoms with E-state index in [0.29, 0.717) is 17.2 Å². The fourth-order valence-electron chi connectivity index (χ4n) is 2.13. The molecule has 0 aliphatic heterocycles.